The van der Waals surface area contributed by atoms with Gasteiger partial charge in [-0.25, -0.2) is 9.98 Å². The molecule has 0 radical (unpaired) electrons. The number of hydrogen-bond acceptors (Lipinski definition) is 2. The Labute approximate surface area is 198 Å². The van der Waals surface area contributed by atoms with Crippen LogP contribution in [-0.4, -0.2) is 38.6 Å². The van der Waals surface area contributed by atoms with Gasteiger partial charge >= 0.3 is 0 Å². The monoisotopic (exact) mass is 570 g/mol. The molecule has 6 nitrogen and oxygen atoms in total. The number of imidazole rings is 1. The van der Waals surface area contributed by atoms with Crippen LogP contribution in [0.3, 0.4) is 0 Å². The number of aromatic nitrogens is 3. The molecule has 0 aliphatic carbocycles. The van der Waals surface area contributed by atoms with Crippen LogP contribution in [0.2, 0.25) is 0 Å². The van der Waals surface area contributed by atoms with E-state index < -0.39 is 0 Å². The average molecular weight is 571 g/mol. The van der Waals surface area contributed by atoms with E-state index >= 15 is 0 Å². The van der Waals surface area contributed by atoms with Crippen molar-refractivity contribution in [3.8, 4) is 0 Å². The van der Waals surface area contributed by atoms with Gasteiger partial charge in [-0.3, -0.25) is 0 Å². The summed E-state index contributed by atoms with van der Waals surface area (Å²) in [5, 5.41) is 3.39. The van der Waals surface area contributed by atoms with Crippen LogP contribution in [0.4, 0.5) is 0 Å². The van der Waals surface area contributed by atoms with Crippen LogP contribution >= 0.6 is 39.9 Å². The minimum Gasteiger partial charge on any atom is -0.357 e. The number of benzene rings is 1. The number of aryl methyl sites for hydroxylation is 1. The summed E-state index contributed by atoms with van der Waals surface area (Å²) in [6.45, 7) is 5.17. The van der Waals surface area contributed by atoms with Gasteiger partial charge in [-0.15, -0.1) is 24.0 Å². The molecule has 0 amide bonds. The quantitative estimate of drug-likeness (QED) is 0.262. The summed E-state index contributed by atoms with van der Waals surface area (Å²) in [4.78, 5) is 11.1. The lowest BCUT2D eigenvalue weighted by molar-refractivity contribution is 0.462. The van der Waals surface area contributed by atoms with Gasteiger partial charge in [0.25, 0.3) is 0 Å². The van der Waals surface area contributed by atoms with Crippen LogP contribution < -0.4 is 5.32 Å². The van der Waals surface area contributed by atoms with Gasteiger partial charge in [-0.05, 0) is 40.0 Å². The lowest BCUT2D eigenvalue weighted by atomic mass is 10.1. The molecule has 8 heteroatoms. The number of hydrogen-bond donors (Lipinski definition) is 1. The van der Waals surface area contributed by atoms with E-state index in [2.05, 4.69) is 97.8 Å². The fourth-order valence-electron chi connectivity index (χ4n) is 3.09. The Bertz CT molecular complexity index is 919. The first-order valence-electron chi connectivity index (χ1n) is 9.39. The fraction of sp³-hybridized carbons (Fsp3) is 0.333. The average Bonchev–Trinajstić information content (AvgIpc) is 3.28. The third kappa shape index (κ3) is 6.88. The van der Waals surface area contributed by atoms with Crippen LogP contribution in [0, 0.1) is 0 Å². The van der Waals surface area contributed by atoms with Gasteiger partial charge in [0.1, 0.15) is 0 Å². The van der Waals surface area contributed by atoms with E-state index in [9.17, 15) is 0 Å². The van der Waals surface area contributed by atoms with Gasteiger partial charge in [-0.2, -0.15) is 0 Å². The predicted octanol–water partition coefficient (Wildman–Crippen LogP) is 4.25. The molecule has 2 aromatic heterocycles. The van der Waals surface area contributed by atoms with Crippen molar-refractivity contribution >= 4 is 45.9 Å². The lowest BCUT2D eigenvalue weighted by Crippen LogP contribution is -2.38. The van der Waals surface area contributed by atoms with Crippen molar-refractivity contribution in [2.24, 2.45) is 12.0 Å². The van der Waals surface area contributed by atoms with E-state index in [4.69, 9.17) is 4.99 Å². The van der Waals surface area contributed by atoms with E-state index in [0.717, 1.165) is 30.1 Å². The Hall–Kier alpha value is -1.81. The van der Waals surface area contributed by atoms with Gasteiger partial charge in [-0.1, -0.05) is 24.3 Å². The first-order chi connectivity index (χ1) is 13.5. The standard InChI is InChI=1S/C21H27BrN6.HI/c1-4-24-21(27(3)15-20-11-19(22)14-26(20)2)25-12-17-6-5-7-18(10-17)13-28-9-8-23-16-28;/h5-11,14,16H,4,12-13,15H2,1-3H3,(H,24,25);1H. The van der Waals surface area contributed by atoms with Crippen LogP contribution in [-0.2, 0) is 26.7 Å². The molecular formula is C21H28BrIN6. The number of nitrogens with zero attached hydrogens (tertiary/aromatic N) is 5. The second-order valence-corrected chi connectivity index (χ2v) is 7.76. The highest BCUT2D eigenvalue weighted by Gasteiger charge is 2.09. The smallest absolute Gasteiger partial charge is 0.194 e. The van der Waals surface area contributed by atoms with Gasteiger partial charge < -0.3 is 19.4 Å². The summed E-state index contributed by atoms with van der Waals surface area (Å²) in [5.74, 6) is 0.903. The molecule has 0 spiro atoms. The van der Waals surface area contributed by atoms with Crippen molar-refractivity contribution in [1.29, 1.82) is 0 Å². The number of aliphatic imine (C=N–C) groups is 1. The molecule has 3 rings (SSSR count). The van der Waals surface area contributed by atoms with Crippen molar-refractivity contribution in [1.82, 2.24) is 24.3 Å². The van der Waals surface area contributed by atoms with E-state index in [0.29, 0.717) is 6.54 Å². The molecule has 29 heavy (non-hydrogen) atoms. The number of halogens is 2. The Balaban J connectivity index is 0.00000300. The third-order valence-electron chi connectivity index (χ3n) is 4.50. The number of nitrogens with one attached hydrogen (secondary N) is 1. The summed E-state index contributed by atoms with van der Waals surface area (Å²) in [6.07, 6.45) is 7.69. The summed E-state index contributed by atoms with van der Waals surface area (Å²) >= 11 is 3.54. The molecule has 0 saturated heterocycles. The van der Waals surface area contributed by atoms with Crippen molar-refractivity contribution < 1.29 is 0 Å². The molecule has 1 aromatic carbocycles. The fourth-order valence-corrected chi connectivity index (χ4v) is 3.67. The van der Waals surface area contributed by atoms with Crippen LogP contribution in [0.25, 0.3) is 0 Å². The lowest BCUT2D eigenvalue weighted by Gasteiger charge is -2.22. The van der Waals surface area contributed by atoms with Gasteiger partial charge in [0.15, 0.2) is 5.96 Å². The second kappa shape index (κ2) is 11.4. The Morgan fingerprint density at radius 2 is 2.07 bits per heavy atom. The van der Waals surface area contributed by atoms with Gasteiger partial charge in [0.2, 0.25) is 0 Å². The van der Waals surface area contributed by atoms with Gasteiger partial charge in [0, 0.05) is 55.9 Å². The molecule has 0 aliphatic heterocycles. The van der Waals surface area contributed by atoms with E-state index in [1.54, 1.807) is 6.20 Å². The summed E-state index contributed by atoms with van der Waals surface area (Å²) in [6, 6.07) is 10.7. The molecule has 156 valence electrons. The third-order valence-corrected chi connectivity index (χ3v) is 4.93. The minimum atomic E-state index is 0. The maximum atomic E-state index is 4.85. The highest BCUT2D eigenvalue weighted by molar-refractivity contribution is 14.0. The normalized spacial score (nSPS) is 11.2. The first kappa shape index (κ1) is 23.5. The molecule has 0 unspecified atom stereocenters. The SMILES string of the molecule is CCNC(=NCc1cccc(Cn2ccnc2)c1)N(C)Cc1cc(Br)cn1C.I. The van der Waals surface area contributed by atoms with E-state index in [1.807, 2.05) is 12.5 Å². The highest BCUT2D eigenvalue weighted by Crippen LogP contribution is 2.15. The first-order valence-corrected chi connectivity index (χ1v) is 10.2. The molecule has 0 aliphatic rings. The van der Waals surface area contributed by atoms with E-state index in [1.165, 1.54) is 16.8 Å². The van der Waals surface area contributed by atoms with Crippen molar-refractivity contribution in [3.05, 3.63) is 76.5 Å². The number of guanidine groups is 1. The molecule has 0 bridgehead atoms. The molecule has 2 heterocycles. The molecule has 1 N–H and O–H groups in total. The predicted molar refractivity (Wildman–Crippen MR) is 133 cm³/mol. The topological polar surface area (TPSA) is 50.4 Å². The van der Waals surface area contributed by atoms with E-state index in [-0.39, 0.29) is 24.0 Å². The highest BCUT2D eigenvalue weighted by atomic mass is 127. The minimum absolute atomic E-state index is 0. The van der Waals surface area contributed by atoms with Crippen LogP contribution in [0.15, 0.2) is 64.7 Å². The summed E-state index contributed by atoms with van der Waals surface area (Å²) in [5.41, 5.74) is 3.67. The number of rotatable bonds is 7. The largest absolute Gasteiger partial charge is 0.357 e. The van der Waals surface area contributed by atoms with Crippen LogP contribution in [0.1, 0.15) is 23.7 Å². The Morgan fingerprint density at radius 3 is 2.72 bits per heavy atom. The summed E-state index contributed by atoms with van der Waals surface area (Å²) in [7, 11) is 4.13. The van der Waals surface area contributed by atoms with Crippen LogP contribution in [0.5, 0.6) is 0 Å². The van der Waals surface area contributed by atoms with Crippen molar-refractivity contribution in [2.45, 2.75) is 26.6 Å². The molecule has 0 saturated carbocycles. The second-order valence-electron chi connectivity index (χ2n) is 6.84. The van der Waals surface area contributed by atoms with Crippen molar-refractivity contribution in [2.75, 3.05) is 13.6 Å². The molecular weight excluding hydrogens is 543 g/mol. The maximum absolute atomic E-state index is 4.85. The zero-order valence-corrected chi connectivity index (χ0v) is 21.0. The molecule has 0 fully saturated rings. The molecule has 3 aromatic rings. The maximum Gasteiger partial charge on any atom is 0.194 e. The zero-order chi connectivity index (χ0) is 19.9. The summed E-state index contributed by atoms with van der Waals surface area (Å²) < 4.78 is 5.29. The Morgan fingerprint density at radius 1 is 1.28 bits per heavy atom. The van der Waals surface area contributed by atoms with Gasteiger partial charge in [0.05, 0.1) is 19.4 Å². The zero-order valence-electron chi connectivity index (χ0n) is 17.0. The molecule has 0 atom stereocenters. The van der Waals surface area contributed by atoms with Crippen molar-refractivity contribution in [3.63, 3.8) is 0 Å². The Kier molecular flexibility index (Phi) is 9.22.